The largest absolute Gasteiger partial charge is 0.368 e. The van der Waals surface area contributed by atoms with Crippen molar-refractivity contribution in [2.24, 2.45) is 0 Å². The maximum absolute atomic E-state index is 12.5. The van der Waals surface area contributed by atoms with Crippen LogP contribution in [0.5, 0.6) is 0 Å². The molecule has 0 amide bonds. The second-order valence-corrected chi connectivity index (χ2v) is 8.21. The van der Waals surface area contributed by atoms with Crippen molar-refractivity contribution in [2.45, 2.75) is 27.7 Å². The molecule has 3 aromatic rings. The number of Topliss-reactive ketones (excluding diaryl/α,β-unsaturated/α-hetero) is 1. The quantitative estimate of drug-likeness (QED) is 0.495. The number of carbonyl (C=O) groups excluding carboxylic acids is 1. The smallest absolute Gasteiger partial charge is 0.250 e. The first kappa shape index (κ1) is 20.1. The molecule has 154 valence electrons. The molecule has 4 rings (SSSR count). The number of ketones is 1. The van der Waals surface area contributed by atoms with Crippen LogP contribution < -0.4 is 20.7 Å². The molecule has 0 saturated carbocycles. The molecule has 5 nitrogen and oxygen atoms in total. The van der Waals surface area contributed by atoms with E-state index in [4.69, 9.17) is 0 Å². The summed E-state index contributed by atoms with van der Waals surface area (Å²) in [5, 5.41) is 0. The van der Waals surface area contributed by atoms with Crippen LogP contribution in [0.25, 0.3) is 11.1 Å². The minimum Gasteiger partial charge on any atom is -0.368 e. The molecule has 1 saturated heterocycles. The first-order valence-corrected chi connectivity index (χ1v) is 10.3. The van der Waals surface area contributed by atoms with Gasteiger partial charge in [0.15, 0.2) is 5.78 Å². The highest BCUT2D eigenvalue weighted by atomic mass is 16.2. The molecule has 0 aliphatic carbocycles. The lowest BCUT2D eigenvalue weighted by Crippen LogP contribution is -2.51. The summed E-state index contributed by atoms with van der Waals surface area (Å²) in [6.45, 7) is 10.5. The number of aryl methyl sites for hydroxylation is 3. The van der Waals surface area contributed by atoms with E-state index >= 15 is 0 Å². The number of anilines is 2. The zero-order valence-corrected chi connectivity index (χ0v) is 17.9. The molecule has 0 atom stereocenters. The van der Waals surface area contributed by atoms with Crippen molar-refractivity contribution in [2.75, 3.05) is 36.0 Å². The molecule has 3 aromatic carbocycles. The molecule has 0 N–H and O–H groups in total. The summed E-state index contributed by atoms with van der Waals surface area (Å²) < 4.78 is 0. The van der Waals surface area contributed by atoms with Gasteiger partial charge in [0, 0.05) is 37.4 Å². The Balaban J connectivity index is 1.56. The summed E-state index contributed by atoms with van der Waals surface area (Å²) in [5.74, 6) is 0.0561. The normalized spacial score (nSPS) is 14.4. The molecule has 0 radical (unpaired) electrons. The van der Waals surface area contributed by atoms with Crippen LogP contribution in [0.15, 0.2) is 46.0 Å². The van der Waals surface area contributed by atoms with Gasteiger partial charge in [-0.05, 0) is 74.2 Å². The van der Waals surface area contributed by atoms with Crippen molar-refractivity contribution in [3.63, 3.8) is 0 Å². The summed E-state index contributed by atoms with van der Waals surface area (Å²) >= 11 is 0. The van der Waals surface area contributed by atoms with Crippen LogP contribution in [0.1, 0.15) is 34.0 Å². The third kappa shape index (κ3) is 3.34. The minimum absolute atomic E-state index is 0.0561. The maximum Gasteiger partial charge on any atom is 0.250 e. The topological polar surface area (TPSA) is 57.7 Å². The van der Waals surface area contributed by atoms with Gasteiger partial charge in [-0.25, -0.2) is 0 Å². The van der Waals surface area contributed by atoms with Crippen molar-refractivity contribution < 1.29 is 4.79 Å². The number of piperazine rings is 1. The van der Waals surface area contributed by atoms with E-state index in [0.29, 0.717) is 29.9 Å². The van der Waals surface area contributed by atoms with Gasteiger partial charge in [-0.2, -0.15) is 0 Å². The molecular formula is C25H26N2O3. The second kappa shape index (κ2) is 7.56. The van der Waals surface area contributed by atoms with Crippen LogP contribution in [0.3, 0.4) is 0 Å². The van der Waals surface area contributed by atoms with Crippen molar-refractivity contribution >= 4 is 17.2 Å². The standard InChI is InChI=1S/C25H26N2O3/c1-15-13-17(3)21(14-16(15)2)22-23(25(30)24(22)29)27-11-9-26(10-12-27)20-7-5-19(6-8-20)18(4)28/h5-8,13-14H,9-12H2,1-4H3. The maximum atomic E-state index is 12.5. The van der Waals surface area contributed by atoms with E-state index in [-0.39, 0.29) is 16.6 Å². The van der Waals surface area contributed by atoms with Gasteiger partial charge in [0.2, 0.25) is 10.9 Å². The zero-order valence-electron chi connectivity index (χ0n) is 17.9. The van der Waals surface area contributed by atoms with Crippen LogP contribution in [-0.4, -0.2) is 32.0 Å². The highest BCUT2D eigenvalue weighted by Gasteiger charge is 2.30. The van der Waals surface area contributed by atoms with Gasteiger partial charge in [-0.15, -0.1) is 0 Å². The average Bonchev–Trinajstić information content (AvgIpc) is 2.74. The van der Waals surface area contributed by atoms with Crippen LogP contribution in [0, 0.1) is 20.8 Å². The average molecular weight is 402 g/mol. The number of hydrogen-bond donors (Lipinski definition) is 0. The Morgan fingerprint density at radius 2 is 1.33 bits per heavy atom. The molecule has 1 fully saturated rings. The van der Waals surface area contributed by atoms with E-state index in [9.17, 15) is 14.4 Å². The predicted octanol–water partition coefficient (Wildman–Crippen LogP) is 3.40. The van der Waals surface area contributed by atoms with Crippen LogP contribution in [0.2, 0.25) is 0 Å². The van der Waals surface area contributed by atoms with Gasteiger partial charge < -0.3 is 9.80 Å². The Hall–Kier alpha value is -3.21. The van der Waals surface area contributed by atoms with Crippen molar-refractivity contribution in [3.05, 3.63) is 79.1 Å². The molecule has 30 heavy (non-hydrogen) atoms. The van der Waals surface area contributed by atoms with E-state index < -0.39 is 0 Å². The third-order valence-electron chi connectivity index (χ3n) is 6.23. The number of nitrogens with zero attached hydrogens (tertiary/aromatic N) is 2. The van der Waals surface area contributed by atoms with Gasteiger partial charge in [0.25, 0.3) is 0 Å². The first-order chi connectivity index (χ1) is 14.3. The molecule has 5 heteroatoms. The van der Waals surface area contributed by atoms with Gasteiger partial charge in [-0.3, -0.25) is 14.4 Å². The highest BCUT2D eigenvalue weighted by molar-refractivity contribution is 5.94. The lowest BCUT2D eigenvalue weighted by atomic mass is 9.91. The number of benzene rings is 2. The molecule has 1 aliphatic rings. The Bertz CT molecular complexity index is 1190. The predicted molar refractivity (Wildman–Crippen MR) is 122 cm³/mol. The van der Waals surface area contributed by atoms with E-state index in [1.54, 1.807) is 6.92 Å². The second-order valence-electron chi connectivity index (χ2n) is 8.21. The van der Waals surface area contributed by atoms with Crippen molar-refractivity contribution in [1.82, 2.24) is 0 Å². The molecule has 0 aromatic heterocycles. The SMILES string of the molecule is CC(=O)c1ccc(N2CCN(c3c(-c4cc(C)c(C)cc4C)c(=O)c3=O)CC2)cc1. The van der Waals surface area contributed by atoms with Crippen molar-refractivity contribution in [1.29, 1.82) is 0 Å². The summed E-state index contributed by atoms with van der Waals surface area (Å²) in [5.41, 5.74) is 6.35. The van der Waals surface area contributed by atoms with Gasteiger partial charge in [-0.1, -0.05) is 12.1 Å². The van der Waals surface area contributed by atoms with E-state index in [1.807, 2.05) is 49.1 Å². The summed E-state index contributed by atoms with van der Waals surface area (Å²) in [4.78, 5) is 40.7. The fourth-order valence-electron chi connectivity index (χ4n) is 4.26. The van der Waals surface area contributed by atoms with Crippen molar-refractivity contribution in [3.8, 4) is 11.1 Å². The fourth-order valence-corrected chi connectivity index (χ4v) is 4.26. The van der Waals surface area contributed by atoms with E-state index in [1.165, 1.54) is 5.56 Å². The Morgan fingerprint density at radius 1 is 0.767 bits per heavy atom. The Kier molecular flexibility index (Phi) is 5.06. The number of rotatable bonds is 4. The number of hydrogen-bond acceptors (Lipinski definition) is 5. The summed E-state index contributed by atoms with van der Waals surface area (Å²) in [6.07, 6.45) is 0. The fraction of sp³-hybridized carbons (Fsp3) is 0.320. The van der Waals surface area contributed by atoms with Gasteiger partial charge in [0.05, 0.1) is 5.56 Å². The molecule has 1 aliphatic heterocycles. The first-order valence-electron chi connectivity index (χ1n) is 10.3. The summed E-state index contributed by atoms with van der Waals surface area (Å²) in [7, 11) is 0. The van der Waals surface area contributed by atoms with E-state index in [0.717, 1.165) is 35.5 Å². The van der Waals surface area contributed by atoms with Crippen LogP contribution in [0.4, 0.5) is 11.4 Å². The Morgan fingerprint density at radius 3 is 1.93 bits per heavy atom. The lowest BCUT2D eigenvalue weighted by Gasteiger charge is -2.38. The number of carbonyl (C=O) groups is 1. The zero-order chi connectivity index (χ0) is 21.6. The molecule has 1 heterocycles. The van der Waals surface area contributed by atoms with Gasteiger partial charge in [0.1, 0.15) is 5.69 Å². The molecule has 0 bridgehead atoms. The molecule has 0 spiro atoms. The van der Waals surface area contributed by atoms with E-state index in [2.05, 4.69) is 17.9 Å². The monoisotopic (exact) mass is 402 g/mol. The third-order valence-corrected chi connectivity index (χ3v) is 6.23. The highest BCUT2D eigenvalue weighted by Crippen LogP contribution is 2.32. The van der Waals surface area contributed by atoms with Crippen LogP contribution in [-0.2, 0) is 0 Å². The van der Waals surface area contributed by atoms with Crippen LogP contribution >= 0.6 is 0 Å². The minimum atomic E-state index is -0.376. The lowest BCUT2D eigenvalue weighted by molar-refractivity contribution is 0.101. The summed E-state index contributed by atoms with van der Waals surface area (Å²) in [6, 6.07) is 11.7. The van der Waals surface area contributed by atoms with Gasteiger partial charge >= 0.3 is 0 Å². The Labute approximate surface area is 176 Å². The molecular weight excluding hydrogens is 376 g/mol. The molecule has 0 unspecified atom stereocenters.